The van der Waals surface area contributed by atoms with Gasteiger partial charge in [0.2, 0.25) is 5.91 Å². The van der Waals surface area contributed by atoms with E-state index in [1.807, 2.05) is 12.1 Å². The SMILES string of the molecule is COc1ccc(-c2nc(CC(=O)NC(C)C(=O)O)cs2)cc1OC. The maximum atomic E-state index is 11.8. The molecule has 1 aromatic heterocycles. The van der Waals surface area contributed by atoms with Crippen LogP contribution in [-0.2, 0) is 16.0 Å². The highest BCUT2D eigenvalue weighted by atomic mass is 32.1. The van der Waals surface area contributed by atoms with Crippen LogP contribution in [0.3, 0.4) is 0 Å². The number of thiazole rings is 1. The van der Waals surface area contributed by atoms with Gasteiger partial charge in [-0.2, -0.15) is 0 Å². The number of carboxylic acid groups (broad SMARTS) is 1. The van der Waals surface area contributed by atoms with Crippen LogP contribution in [0.1, 0.15) is 12.6 Å². The summed E-state index contributed by atoms with van der Waals surface area (Å²) in [4.78, 5) is 27.0. The van der Waals surface area contributed by atoms with Crippen molar-refractivity contribution in [2.24, 2.45) is 0 Å². The largest absolute Gasteiger partial charge is 0.493 e. The summed E-state index contributed by atoms with van der Waals surface area (Å²) in [6, 6.07) is 4.53. The van der Waals surface area contributed by atoms with Gasteiger partial charge >= 0.3 is 5.97 Å². The Morgan fingerprint density at radius 2 is 2.00 bits per heavy atom. The van der Waals surface area contributed by atoms with Crippen LogP contribution >= 0.6 is 11.3 Å². The monoisotopic (exact) mass is 350 g/mol. The smallest absolute Gasteiger partial charge is 0.325 e. The molecule has 0 saturated heterocycles. The molecule has 0 radical (unpaired) electrons. The molecule has 1 aromatic carbocycles. The average Bonchev–Trinajstić information content (AvgIpc) is 3.02. The third-order valence-electron chi connectivity index (χ3n) is 3.27. The molecule has 0 spiro atoms. The van der Waals surface area contributed by atoms with Crippen LogP contribution in [0.15, 0.2) is 23.6 Å². The molecule has 1 amide bonds. The number of ether oxygens (including phenoxy) is 2. The van der Waals surface area contributed by atoms with E-state index in [1.54, 1.807) is 25.7 Å². The normalized spacial score (nSPS) is 11.6. The van der Waals surface area contributed by atoms with Gasteiger partial charge in [-0.3, -0.25) is 9.59 Å². The predicted octanol–water partition coefficient (Wildman–Crippen LogP) is 1.96. The van der Waals surface area contributed by atoms with Crippen molar-refractivity contribution < 1.29 is 24.2 Å². The Kier molecular flexibility index (Phi) is 5.75. The second-order valence-corrected chi connectivity index (χ2v) is 5.88. The average molecular weight is 350 g/mol. The fourth-order valence-electron chi connectivity index (χ4n) is 2.01. The molecule has 2 aromatic rings. The Bertz CT molecular complexity index is 744. The van der Waals surface area contributed by atoms with Gasteiger partial charge < -0.3 is 19.9 Å². The second kappa shape index (κ2) is 7.78. The zero-order valence-electron chi connectivity index (χ0n) is 13.5. The zero-order chi connectivity index (χ0) is 17.7. The Morgan fingerprint density at radius 1 is 1.29 bits per heavy atom. The van der Waals surface area contributed by atoms with E-state index in [0.717, 1.165) is 10.6 Å². The number of methoxy groups -OCH3 is 2. The van der Waals surface area contributed by atoms with E-state index < -0.39 is 12.0 Å². The number of amides is 1. The van der Waals surface area contributed by atoms with Crippen molar-refractivity contribution in [1.29, 1.82) is 0 Å². The molecule has 1 unspecified atom stereocenters. The van der Waals surface area contributed by atoms with Crippen LogP contribution in [0.2, 0.25) is 0 Å². The lowest BCUT2D eigenvalue weighted by Gasteiger charge is -2.08. The molecule has 2 N–H and O–H groups in total. The highest BCUT2D eigenvalue weighted by molar-refractivity contribution is 7.13. The molecule has 7 nitrogen and oxygen atoms in total. The van der Waals surface area contributed by atoms with Crippen LogP contribution < -0.4 is 14.8 Å². The van der Waals surface area contributed by atoms with Crippen molar-refractivity contribution in [1.82, 2.24) is 10.3 Å². The number of carbonyl (C=O) groups excluding carboxylic acids is 1. The first-order valence-electron chi connectivity index (χ1n) is 7.13. The number of nitrogens with one attached hydrogen (secondary N) is 1. The standard InChI is InChI=1S/C16H18N2O5S/c1-9(16(20)21)17-14(19)7-11-8-24-15(18-11)10-4-5-12(22-2)13(6-10)23-3/h4-6,8-9H,7H2,1-3H3,(H,17,19)(H,20,21). The summed E-state index contributed by atoms with van der Waals surface area (Å²) in [5.41, 5.74) is 1.43. The van der Waals surface area contributed by atoms with Crippen LogP contribution in [-0.4, -0.2) is 42.2 Å². The van der Waals surface area contributed by atoms with E-state index in [4.69, 9.17) is 14.6 Å². The van der Waals surface area contributed by atoms with E-state index in [2.05, 4.69) is 10.3 Å². The number of carbonyl (C=O) groups is 2. The van der Waals surface area contributed by atoms with E-state index in [9.17, 15) is 9.59 Å². The number of aliphatic carboxylic acids is 1. The van der Waals surface area contributed by atoms with Crippen molar-refractivity contribution >= 4 is 23.2 Å². The topological polar surface area (TPSA) is 97.8 Å². The summed E-state index contributed by atoms with van der Waals surface area (Å²) in [5, 5.41) is 13.7. The molecular weight excluding hydrogens is 332 g/mol. The summed E-state index contributed by atoms with van der Waals surface area (Å²) in [7, 11) is 3.12. The first-order chi connectivity index (χ1) is 11.4. The summed E-state index contributed by atoms with van der Waals surface area (Å²) < 4.78 is 10.5. The third-order valence-corrected chi connectivity index (χ3v) is 4.21. The highest BCUT2D eigenvalue weighted by Gasteiger charge is 2.16. The van der Waals surface area contributed by atoms with Gasteiger partial charge in [-0.05, 0) is 25.1 Å². The first-order valence-corrected chi connectivity index (χ1v) is 8.01. The lowest BCUT2D eigenvalue weighted by atomic mass is 10.2. The minimum absolute atomic E-state index is 0.0292. The Balaban J connectivity index is 2.10. The molecule has 0 aliphatic rings. The molecule has 8 heteroatoms. The van der Waals surface area contributed by atoms with Crippen molar-refractivity contribution in [2.45, 2.75) is 19.4 Å². The number of hydrogen-bond acceptors (Lipinski definition) is 6. The maximum Gasteiger partial charge on any atom is 0.325 e. The van der Waals surface area contributed by atoms with Crippen molar-refractivity contribution in [3.05, 3.63) is 29.3 Å². The van der Waals surface area contributed by atoms with Crippen LogP contribution in [0.4, 0.5) is 0 Å². The third kappa shape index (κ3) is 4.23. The maximum absolute atomic E-state index is 11.8. The number of carboxylic acids is 1. The molecule has 0 aliphatic heterocycles. The molecule has 128 valence electrons. The molecule has 0 saturated carbocycles. The minimum atomic E-state index is -1.08. The van der Waals surface area contributed by atoms with Gasteiger partial charge in [0.05, 0.1) is 26.3 Å². The van der Waals surface area contributed by atoms with E-state index >= 15 is 0 Å². The predicted molar refractivity (Wildman–Crippen MR) is 89.6 cm³/mol. The number of hydrogen-bond donors (Lipinski definition) is 2. The van der Waals surface area contributed by atoms with Crippen LogP contribution in [0.5, 0.6) is 11.5 Å². The van der Waals surface area contributed by atoms with Gasteiger partial charge in [-0.25, -0.2) is 4.98 Å². The van der Waals surface area contributed by atoms with Crippen molar-refractivity contribution in [2.75, 3.05) is 14.2 Å². The Hall–Kier alpha value is -2.61. The van der Waals surface area contributed by atoms with E-state index in [0.29, 0.717) is 17.2 Å². The van der Waals surface area contributed by atoms with Gasteiger partial charge in [-0.15, -0.1) is 11.3 Å². The summed E-state index contributed by atoms with van der Waals surface area (Å²) in [6.07, 6.45) is 0.0292. The fraction of sp³-hybridized carbons (Fsp3) is 0.312. The van der Waals surface area contributed by atoms with Gasteiger partial charge in [0.15, 0.2) is 11.5 Å². The summed E-state index contributed by atoms with van der Waals surface area (Å²) in [5.74, 6) is -0.235. The van der Waals surface area contributed by atoms with Gasteiger partial charge in [0.1, 0.15) is 11.0 Å². The molecule has 0 bridgehead atoms. The van der Waals surface area contributed by atoms with Crippen LogP contribution in [0.25, 0.3) is 10.6 Å². The number of rotatable bonds is 7. The Morgan fingerprint density at radius 3 is 2.62 bits per heavy atom. The Labute approximate surface area is 143 Å². The quantitative estimate of drug-likeness (QED) is 0.792. The molecular formula is C16H18N2O5S. The highest BCUT2D eigenvalue weighted by Crippen LogP contribution is 2.33. The van der Waals surface area contributed by atoms with Gasteiger partial charge in [0.25, 0.3) is 0 Å². The number of nitrogens with zero attached hydrogens (tertiary/aromatic N) is 1. The zero-order valence-corrected chi connectivity index (χ0v) is 14.3. The number of benzene rings is 1. The molecule has 0 fully saturated rings. The molecule has 0 aliphatic carbocycles. The summed E-state index contributed by atoms with van der Waals surface area (Å²) in [6.45, 7) is 1.41. The van der Waals surface area contributed by atoms with Crippen molar-refractivity contribution in [3.63, 3.8) is 0 Å². The number of aromatic nitrogens is 1. The molecule has 24 heavy (non-hydrogen) atoms. The summed E-state index contributed by atoms with van der Waals surface area (Å²) >= 11 is 1.40. The second-order valence-electron chi connectivity index (χ2n) is 5.02. The van der Waals surface area contributed by atoms with Gasteiger partial charge in [-0.1, -0.05) is 0 Å². The lowest BCUT2D eigenvalue weighted by Crippen LogP contribution is -2.39. The molecule has 1 atom stereocenters. The van der Waals surface area contributed by atoms with Crippen LogP contribution in [0, 0.1) is 0 Å². The molecule has 2 rings (SSSR count). The molecule has 1 heterocycles. The van der Waals surface area contributed by atoms with E-state index in [1.165, 1.54) is 18.3 Å². The van der Waals surface area contributed by atoms with E-state index in [-0.39, 0.29) is 12.3 Å². The minimum Gasteiger partial charge on any atom is -0.493 e. The fourth-order valence-corrected chi connectivity index (χ4v) is 2.83. The lowest BCUT2D eigenvalue weighted by molar-refractivity contribution is -0.141. The van der Waals surface area contributed by atoms with Gasteiger partial charge in [0, 0.05) is 10.9 Å². The first kappa shape index (κ1) is 17.7. The van der Waals surface area contributed by atoms with Crippen molar-refractivity contribution in [3.8, 4) is 22.1 Å².